The average molecular weight is 259 g/mol. The zero-order valence-electron chi connectivity index (χ0n) is 11.2. The molecule has 0 radical (unpaired) electrons. The number of nitrogens with two attached hydrogens (primary N) is 1. The lowest BCUT2D eigenvalue weighted by Crippen LogP contribution is -2.32. The number of nitrogens with one attached hydrogen (secondary N) is 1. The van der Waals surface area contributed by atoms with Crippen molar-refractivity contribution in [2.45, 2.75) is 26.8 Å². The van der Waals surface area contributed by atoms with Crippen LogP contribution < -0.4 is 11.1 Å². The molecule has 0 fully saturated rings. The van der Waals surface area contributed by atoms with Crippen LogP contribution in [0.3, 0.4) is 0 Å². The fourth-order valence-electron chi connectivity index (χ4n) is 1.58. The summed E-state index contributed by atoms with van der Waals surface area (Å²) in [6.07, 6.45) is 0. The topological polar surface area (TPSA) is 81.2 Å². The highest BCUT2D eigenvalue weighted by Crippen LogP contribution is 2.24. The molecule has 100 valence electrons. The Kier molecular flexibility index (Phi) is 3.66. The molecule has 1 atom stereocenters. The minimum atomic E-state index is -0.546. The van der Waals surface area contributed by atoms with E-state index in [4.69, 9.17) is 10.2 Å². The third kappa shape index (κ3) is 3.00. The van der Waals surface area contributed by atoms with Gasteiger partial charge in [0, 0.05) is 11.3 Å². The van der Waals surface area contributed by atoms with Crippen molar-refractivity contribution in [1.29, 1.82) is 0 Å². The van der Waals surface area contributed by atoms with Crippen molar-refractivity contribution in [3.63, 3.8) is 0 Å². The van der Waals surface area contributed by atoms with Gasteiger partial charge in [-0.3, -0.25) is 4.79 Å². The first kappa shape index (κ1) is 13.3. The highest BCUT2D eigenvalue weighted by atomic mass is 16.4. The predicted molar refractivity (Wildman–Crippen MR) is 73.7 cm³/mol. The number of aromatic nitrogens is 1. The summed E-state index contributed by atoms with van der Waals surface area (Å²) in [5.41, 5.74) is 7.87. The first-order valence-electron chi connectivity index (χ1n) is 6.08. The molecule has 0 unspecified atom stereocenters. The average Bonchev–Trinajstić information content (AvgIpc) is 2.70. The largest absolute Gasteiger partial charge is 0.441 e. The van der Waals surface area contributed by atoms with Crippen molar-refractivity contribution in [1.82, 2.24) is 4.98 Å². The van der Waals surface area contributed by atoms with Gasteiger partial charge in [-0.2, -0.15) is 0 Å². The maximum absolute atomic E-state index is 11.5. The number of nitrogens with zero attached hydrogens (tertiary/aromatic N) is 1. The van der Waals surface area contributed by atoms with Gasteiger partial charge in [0.05, 0.1) is 11.7 Å². The van der Waals surface area contributed by atoms with Gasteiger partial charge in [0.25, 0.3) is 0 Å². The summed E-state index contributed by atoms with van der Waals surface area (Å²) in [6, 6.07) is 6.78. The summed E-state index contributed by atoms with van der Waals surface area (Å²) in [5, 5.41) is 2.74. The molecule has 0 saturated carbocycles. The first-order valence-corrected chi connectivity index (χ1v) is 6.08. The standard InChI is InChI=1S/C14H17N3O2/c1-8(15)13(18)17-12-6-4-5-11(7-12)14-16-9(2)10(3)19-14/h4-8H,15H2,1-3H3,(H,17,18)/t8-/m1/s1. The Labute approximate surface area is 111 Å². The highest BCUT2D eigenvalue weighted by Gasteiger charge is 2.11. The molecular formula is C14H17N3O2. The van der Waals surface area contributed by atoms with Gasteiger partial charge in [0.2, 0.25) is 11.8 Å². The lowest BCUT2D eigenvalue weighted by atomic mass is 10.2. The Morgan fingerprint density at radius 2 is 2.16 bits per heavy atom. The SMILES string of the molecule is Cc1nc(-c2cccc(NC(=O)[C@@H](C)N)c2)oc1C. The third-order valence-electron chi connectivity index (χ3n) is 2.82. The van der Waals surface area contributed by atoms with E-state index in [0.29, 0.717) is 11.6 Å². The number of carbonyl (C=O) groups is 1. The quantitative estimate of drug-likeness (QED) is 0.885. The van der Waals surface area contributed by atoms with Gasteiger partial charge in [0.15, 0.2) is 0 Å². The number of hydrogen-bond acceptors (Lipinski definition) is 4. The summed E-state index contributed by atoms with van der Waals surface area (Å²) < 4.78 is 5.56. The maximum atomic E-state index is 11.5. The number of hydrogen-bond donors (Lipinski definition) is 2. The fourth-order valence-corrected chi connectivity index (χ4v) is 1.58. The van der Waals surface area contributed by atoms with E-state index in [1.54, 1.807) is 13.0 Å². The molecule has 1 aromatic carbocycles. The minimum absolute atomic E-state index is 0.225. The zero-order chi connectivity index (χ0) is 14.0. The molecule has 5 nitrogen and oxygen atoms in total. The highest BCUT2D eigenvalue weighted by molar-refractivity contribution is 5.94. The molecular weight excluding hydrogens is 242 g/mol. The summed E-state index contributed by atoms with van der Waals surface area (Å²) in [6.45, 7) is 5.40. The van der Waals surface area contributed by atoms with Gasteiger partial charge in [-0.25, -0.2) is 4.98 Å². The molecule has 1 heterocycles. The molecule has 1 aromatic heterocycles. The minimum Gasteiger partial charge on any atom is -0.441 e. The molecule has 2 aromatic rings. The molecule has 0 spiro atoms. The Morgan fingerprint density at radius 1 is 1.42 bits per heavy atom. The van der Waals surface area contributed by atoms with Crippen molar-refractivity contribution >= 4 is 11.6 Å². The second-order valence-electron chi connectivity index (χ2n) is 4.52. The summed E-state index contributed by atoms with van der Waals surface area (Å²) in [5.74, 6) is 1.11. The van der Waals surface area contributed by atoms with Gasteiger partial charge >= 0.3 is 0 Å². The summed E-state index contributed by atoms with van der Waals surface area (Å²) in [4.78, 5) is 15.9. The second-order valence-corrected chi connectivity index (χ2v) is 4.52. The van der Waals surface area contributed by atoms with E-state index in [9.17, 15) is 4.79 Å². The molecule has 0 bridgehead atoms. The van der Waals surface area contributed by atoms with Crippen LogP contribution in [0.1, 0.15) is 18.4 Å². The van der Waals surface area contributed by atoms with Crippen LogP contribution in [0.4, 0.5) is 5.69 Å². The number of oxazole rings is 1. The van der Waals surface area contributed by atoms with E-state index < -0.39 is 6.04 Å². The van der Waals surface area contributed by atoms with Crippen LogP contribution in [-0.4, -0.2) is 16.9 Å². The third-order valence-corrected chi connectivity index (χ3v) is 2.82. The Balaban J connectivity index is 2.26. The first-order chi connectivity index (χ1) is 8.97. The van der Waals surface area contributed by atoms with Gasteiger partial charge in [-0.1, -0.05) is 6.07 Å². The van der Waals surface area contributed by atoms with Crippen LogP contribution in [0.2, 0.25) is 0 Å². The maximum Gasteiger partial charge on any atom is 0.240 e. The van der Waals surface area contributed by atoms with E-state index >= 15 is 0 Å². The van der Waals surface area contributed by atoms with E-state index in [2.05, 4.69) is 10.3 Å². The molecule has 0 aliphatic heterocycles. The number of rotatable bonds is 3. The van der Waals surface area contributed by atoms with Gasteiger partial charge < -0.3 is 15.5 Å². The molecule has 0 aliphatic rings. The fraction of sp³-hybridized carbons (Fsp3) is 0.286. The smallest absolute Gasteiger partial charge is 0.240 e. The van der Waals surface area contributed by atoms with E-state index in [1.807, 2.05) is 32.0 Å². The van der Waals surface area contributed by atoms with Crippen LogP contribution in [0.5, 0.6) is 0 Å². The molecule has 19 heavy (non-hydrogen) atoms. The van der Waals surface area contributed by atoms with Crippen LogP contribution >= 0.6 is 0 Å². The number of anilines is 1. The van der Waals surface area contributed by atoms with Crippen LogP contribution in [0, 0.1) is 13.8 Å². The van der Waals surface area contributed by atoms with Crippen LogP contribution in [0.15, 0.2) is 28.7 Å². The normalized spacial score (nSPS) is 12.2. The predicted octanol–water partition coefficient (Wildman–Crippen LogP) is 2.24. The monoisotopic (exact) mass is 259 g/mol. The van der Waals surface area contributed by atoms with Crippen molar-refractivity contribution in [2.75, 3.05) is 5.32 Å². The molecule has 0 aliphatic carbocycles. The summed E-state index contributed by atoms with van der Waals surface area (Å²) >= 11 is 0. The van der Waals surface area contributed by atoms with Crippen LogP contribution in [0.25, 0.3) is 11.5 Å². The number of aryl methyl sites for hydroxylation is 2. The Bertz CT molecular complexity index is 583. The Morgan fingerprint density at radius 3 is 2.74 bits per heavy atom. The lowest BCUT2D eigenvalue weighted by molar-refractivity contribution is -0.117. The van der Waals surface area contributed by atoms with E-state index in [-0.39, 0.29) is 5.91 Å². The van der Waals surface area contributed by atoms with Gasteiger partial charge in [0.1, 0.15) is 5.76 Å². The molecule has 2 rings (SSSR count). The molecule has 5 heteroatoms. The van der Waals surface area contributed by atoms with E-state index in [1.165, 1.54) is 0 Å². The lowest BCUT2D eigenvalue weighted by Gasteiger charge is -2.08. The molecule has 0 saturated heterocycles. The van der Waals surface area contributed by atoms with Gasteiger partial charge in [-0.15, -0.1) is 0 Å². The Hall–Kier alpha value is -2.14. The molecule has 3 N–H and O–H groups in total. The summed E-state index contributed by atoms with van der Waals surface area (Å²) in [7, 11) is 0. The number of benzene rings is 1. The van der Waals surface area contributed by atoms with E-state index in [0.717, 1.165) is 17.0 Å². The van der Waals surface area contributed by atoms with Gasteiger partial charge in [-0.05, 0) is 39.0 Å². The van der Waals surface area contributed by atoms with Crippen molar-refractivity contribution < 1.29 is 9.21 Å². The van der Waals surface area contributed by atoms with Crippen molar-refractivity contribution in [3.8, 4) is 11.5 Å². The molecule has 1 amide bonds. The van der Waals surface area contributed by atoms with Crippen molar-refractivity contribution in [2.24, 2.45) is 5.73 Å². The zero-order valence-corrected chi connectivity index (χ0v) is 11.2. The van der Waals surface area contributed by atoms with Crippen molar-refractivity contribution in [3.05, 3.63) is 35.7 Å². The second kappa shape index (κ2) is 5.24. The number of amides is 1. The number of carbonyl (C=O) groups excluding carboxylic acids is 1. The van der Waals surface area contributed by atoms with Crippen LogP contribution in [-0.2, 0) is 4.79 Å².